The van der Waals surface area contributed by atoms with Gasteiger partial charge >= 0.3 is 21.1 Å². The summed E-state index contributed by atoms with van der Waals surface area (Å²) in [6.07, 6.45) is 0. The van der Waals surface area contributed by atoms with Gasteiger partial charge in [0.2, 0.25) is 0 Å². The fourth-order valence-electron chi connectivity index (χ4n) is 4.15. The van der Waals surface area contributed by atoms with E-state index >= 15 is 0 Å². The lowest BCUT2D eigenvalue weighted by atomic mass is 9.49. The van der Waals surface area contributed by atoms with Gasteiger partial charge in [-0.2, -0.15) is 0 Å². The summed E-state index contributed by atoms with van der Waals surface area (Å²) in [5.74, 6) is 0. The Balaban J connectivity index is 0.000000189. The van der Waals surface area contributed by atoms with Gasteiger partial charge in [0.15, 0.2) is 0 Å². The lowest BCUT2D eigenvalue weighted by Crippen LogP contribution is -2.41. The van der Waals surface area contributed by atoms with Gasteiger partial charge in [-0.05, 0) is 125 Å². The first-order chi connectivity index (χ1) is 19.4. The Morgan fingerprint density at radius 3 is 1.19 bits per heavy atom. The van der Waals surface area contributed by atoms with Gasteiger partial charge in [-0.1, -0.05) is 61.1 Å². The van der Waals surface area contributed by atoms with Gasteiger partial charge in [0.25, 0.3) is 0 Å². The smallest absolute Gasteiger partial charge is 0.405 e. The zero-order valence-corrected chi connectivity index (χ0v) is 31.9. The SMILES string of the molecule is CC1(C)OB(B2OC(C)(C)C(C)(C)O2)OC1(C)C.CC1(C)OB(c2cc(Cl)cc(Br)c2)OC1(C)C.Clc1cccc(Br)c1. The van der Waals surface area contributed by atoms with E-state index in [4.69, 9.17) is 51.1 Å². The Morgan fingerprint density at radius 2 is 0.860 bits per heavy atom. The van der Waals surface area contributed by atoms with E-state index < -0.39 is 14.0 Å². The fraction of sp³-hybridized carbons (Fsp3) is 0.600. The zero-order chi connectivity index (χ0) is 32.8. The summed E-state index contributed by atoms with van der Waals surface area (Å²) >= 11 is 18.3. The van der Waals surface area contributed by atoms with Crippen molar-refractivity contribution in [1.82, 2.24) is 0 Å². The Hall–Kier alpha value is -0.0652. The van der Waals surface area contributed by atoms with E-state index in [2.05, 4.69) is 31.9 Å². The van der Waals surface area contributed by atoms with Gasteiger partial charge in [0.05, 0.1) is 33.6 Å². The molecule has 0 saturated carbocycles. The number of halogens is 4. The average Bonchev–Trinajstić information content (AvgIpc) is 3.28. The minimum atomic E-state index is -0.476. The van der Waals surface area contributed by atoms with Crippen molar-refractivity contribution in [3.63, 3.8) is 0 Å². The highest BCUT2D eigenvalue weighted by Gasteiger charge is 2.63. The molecule has 0 amide bonds. The van der Waals surface area contributed by atoms with Crippen LogP contribution in [0.5, 0.6) is 0 Å². The topological polar surface area (TPSA) is 55.4 Å². The molecule has 236 valence electrons. The molecule has 0 aliphatic carbocycles. The molecule has 2 aromatic rings. The predicted molar refractivity (Wildman–Crippen MR) is 186 cm³/mol. The summed E-state index contributed by atoms with van der Waals surface area (Å²) in [6, 6.07) is 13.2. The first-order valence-electron chi connectivity index (χ1n) is 14.3. The molecule has 43 heavy (non-hydrogen) atoms. The van der Waals surface area contributed by atoms with Gasteiger partial charge in [-0.15, -0.1) is 0 Å². The van der Waals surface area contributed by atoms with Crippen LogP contribution in [0.25, 0.3) is 0 Å². The van der Waals surface area contributed by atoms with Crippen molar-refractivity contribution < 1.29 is 27.9 Å². The quantitative estimate of drug-likeness (QED) is 0.286. The average molecular weight is 763 g/mol. The molecule has 0 atom stereocenters. The molecule has 0 N–H and O–H groups in total. The molecule has 3 heterocycles. The van der Waals surface area contributed by atoms with Crippen molar-refractivity contribution in [2.24, 2.45) is 0 Å². The number of benzene rings is 2. The predicted octanol–water partition coefficient (Wildman–Crippen LogP) is 8.75. The largest absolute Gasteiger partial charge is 0.494 e. The van der Waals surface area contributed by atoms with Gasteiger partial charge in [-0.3, -0.25) is 0 Å². The van der Waals surface area contributed by atoms with Crippen LogP contribution in [0, 0.1) is 0 Å². The third-order valence-corrected chi connectivity index (χ3v) is 10.4. The minimum absolute atomic E-state index is 0.327. The summed E-state index contributed by atoms with van der Waals surface area (Å²) in [7, 11) is -1.32. The van der Waals surface area contributed by atoms with E-state index in [0.29, 0.717) is 5.02 Å². The summed E-state index contributed by atoms with van der Waals surface area (Å²) in [5.41, 5.74) is -1.16. The Kier molecular flexibility index (Phi) is 11.5. The van der Waals surface area contributed by atoms with Crippen molar-refractivity contribution in [3.8, 4) is 0 Å². The highest BCUT2D eigenvalue weighted by Crippen LogP contribution is 2.43. The highest BCUT2D eigenvalue weighted by atomic mass is 79.9. The number of rotatable bonds is 2. The molecule has 0 bridgehead atoms. The molecule has 0 unspecified atom stereocenters. The highest BCUT2D eigenvalue weighted by molar-refractivity contribution is 9.10. The molecule has 3 saturated heterocycles. The molecule has 5 rings (SSSR count). The van der Waals surface area contributed by atoms with Crippen LogP contribution in [0.3, 0.4) is 0 Å². The standard InChI is InChI=1S/C12H24B2O4.C12H15BBrClO2.C6H4BrCl/c1-9(2)10(3,4)16-13(15-9)14-17-11(5,6)12(7,8)18-14;1-11(2)12(3,4)17-13(16-11)8-5-9(14)7-10(15)6-8;7-5-2-1-3-6(8)4-5/h1-8H3;5-7H,1-4H3;1-4H. The molecule has 3 fully saturated rings. The van der Waals surface area contributed by atoms with Crippen molar-refractivity contribution in [1.29, 1.82) is 0 Å². The summed E-state index contributed by atoms with van der Waals surface area (Å²) in [5, 5.41) is 1.43. The Bertz CT molecular complexity index is 1170. The van der Waals surface area contributed by atoms with Crippen LogP contribution in [0.2, 0.25) is 10.0 Å². The van der Waals surface area contributed by atoms with Crippen molar-refractivity contribution >= 4 is 81.7 Å². The molecule has 2 aromatic carbocycles. The van der Waals surface area contributed by atoms with Crippen LogP contribution in [0.1, 0.15) is 83.1 Å². The normalized spacial score (nSPS) is 23.8. The monoisotopic (exact) mass is 760 g/mol. The van der Waals surface area contributed by atoms with E-state index in [1.807, 2.05) is 126 Å². The van der Waals surface area contributed by atoms with Crippen LogP contribution < -0.4 is 5.46 Å². The molecule has 3 aliphatic rings. The molecule has 0 aromatic heterocycles. The van der Waals surface area contributed by atoms with Crippen LogP contribution in [0.15, 0.2) is 51.4 Å². The first-order valence-corrected chi connectivity index (χ1v) is 16.7. The summed E-state index contributed by atoms with van der Waals surface area (Å²) in [4.78, 5) is 0. The molecule has 6 nitrogen and oxygen atoms in total. The van der Waals surface area contributed by atoms with Crippen LogP contribution in [-0.2, 0) is 27.9 Å². The lowest BCUT2D eigenvalue weighted by Gasteiger charge is -2.32. The van der Waals surface area contributed by atoms with Crippen molar-refractivity contribution in [3.05, 3.63) is 61.5 Å². The van der Waals surface area contributed by atoms with Crippen molar-refractivity contribution in [2.75, 3.05) is 0 Å². The minimum Gasteiger partial charge on any atom is -0.405 e. The van der Waals surface area contributed by atoms with Gasteiger partial charge < -0.3 is 27.9 Å². The third-order valence-electron chi connectivity index (χ3n) is 8.96. The second-order valence-electron chi connectivity index (χ2n) is 14.0. The molecule has 0 spiro atoms. The van der Waals surface area contributed by atoms with E-state index in [1.54, 1.807) is 0 Å². The number of hydrogen-bond acceptors (Lipinski definition) is 6. The van der Waals surface area contributed by atoms with Crippen LogP contribution in [0.4, 0.5) is 0 Å². The van der Waals surface area contributed by atoms with Crippen molar-refractivity contribution in [2.45, 2.75) is 117 Å². The number of hydrogen-bond donors (Lipinski definition) is 0. The lowest BCUT2D eigenvalue weighted by molar-refractivity contribution is 0.00578. The summed E-state index contributed by atoms with van der Waals surface area (Å²) in [6.45, 7) is 24.3. The van der Waals surface area contributed by atoms with E-state index in [9.17, 15) is 0 Å². The second kappa shape index (κ2) is 13.2. The molecule has 13 heteroatoms. The maximum absolute atomic E-state index is 6.03. The Morgan fingerprint density at radius 1 is 0.488 bits per heavy atom. The van der Waals surface area contributed by atoms with Gasteiger partial charge in [-0.25, -0.2) is 0 Å². The van der Waals surface area contributed by atoms with Gasteiger partial charge in [0.1, 0.15) is 0 Å². The molecular weight excluding hydrogens is 719 g/mol. The van der Waals surface area contributed by atoms with Gasteiger partial charge in [0, 0.05) is 19.0 Å². The molecule has 3 aliphatic heterocycles. The van der Waals surface area contributed by atoms with E-state index in [0.717, 1.165) is 19.4 Å². The maximum atomic E-state index is 6.03. The molecule has 0 radical (unpaired) electrons. The molecular formula is C30H43B3Br2Cl2O6. The fourth-order valence-corrected chi connectivity index (χ4v) is 5.76. The maximum Gasteiger partial charge on any atom is 0.494 e. The van der Waals surface area contributed by atoms with E-state index in [1.165, 1.54) is 0 Å². The summed E-state index contributed by atoms with van der Waals surface area (Å²) < 4.78 is 37.7. The third kappa shape index (κ3) is 8.85. The van der Waals surface area contributed by atoms with Crippen LogP contribution >= 0.6 is 55.1 Å². The second-order valence-corrected chi connectivity index (χ2v) is 16.7. The zero-order valence-electron chi connectivity index (χ0n) is 27.2. The van der Waals surface area contributed by atoms with E-state index in [-0.39, 0.29) is 40.7 Å². The Labute approximate surface area is 286 Å². The van der Waals surface area contributed by atoms with Crippen LogP contribution in [-0.4, -0.2) is 54.7 Å². The first kappa shape index (κ1) is 37.4.